The molecular weight excluding hydrogens is 212 g/mol. The normalized spacial score (nSPS) is 12.4. The maximum absolute atomic E-state index is 11.4. The Bertz CT molecular complexity index is 214. The summed E-state index contributed by atoms with van der Waals surface area (Å²) >= 11 is 0. The molecule has 0 fully saturated rings. The first kappa shape index (κ1) is 15.1. The average molecular weight is 232 g/mol. The van der Waals surface area contributed by atoms with E-state index in [4.69, 9.17) is 14.6 Å². The Morgan fingerprint density at radius 3 is 2.25 bits per heavy atom. The molecule has 5 heteroatoms. The van der Waals surface area contributed by atoms with Gasteiger partial charge in [-0.2, -0.15) is 0 Å². The molecule has 1 atom stereocenters. The lowest BCUT2D eigenvalue weighted by atomic mass is 10.0. The summed E-state index contributed by atoms with van der Waals surface area (Å²) in [6.07, 6.45) is 1.85. The van der Waals surface area contributed by atoms with Crippen molar-refractivity contribution < 1.29 is 24.2 Å². The lowest BCUT2D eigenvalue weighted by Gasteiger charge is -2.09. The molecule has 0 radical (unpaired) electrons. The number of hydrogen-bond donors (Lipinski definition) is 1. The summed E-state index contributed by atoms with van der Waals surface area (Å²) in [7, 11) is 0. The van der Waals surface area contributed by atoms with Crippen LogP contribution in [0.25, 0.3) is 0 Å². The molecule has 0 aliphatic heterocycles. The zero-order chi connectivity index (χ0) is 12.4. The highest BCUT2D eigenvalue weighted by Crippen LogP contribution is 2.06. The van der Waals surface area contributed by atoms with Gasteiger partial charge in [-0.05, 0) is 6.42 Å². The molecule has 16 heavy (non-hydrogen) atoms. The highest BCUT2D eigenvalue weighted by atomic mass is 16.5. The molecule has 0 aliphatic carbocycles. The van der Waals surface area contributed by atoms with Gasteiger partial charge in [-0.15, -0.1) is 0 Å². The van der Waals surface area contributed by atoms with E-state index in [1.807, 2.05) is 13.8 Å². The maximum atomic E-state index is 11.4. The number of ketones is 1. The molecule has 1 unspecified atom stereocenters. The number of rotatable bonds is 10. The fraction of sp³-hybridized carbons (Fsp3) is 0.818. The van der Waals surface area contributed by atoms with Gasteiger partial charge >= 0.3 is 5.97 Å². The van der Waals surface area contributed by atoms with Crippen molar-refractivity contribution in [3.63, 3.8) is 0 Å². The summed E-state index contributed by atoms with van der Waals surface area (Å²) in [5.74, 6) is -0.891. The van der Waals surface area contributed by atoms with Crippen LogP contribution >= 0.6 is 0 Å². The number of hydrogen-bond acceptors (Lipinski definition) is 4. The quantitative estimate of drug-likeness (QED) is 0.571. The summed E-state index contributed by atoms with van der Waals surface area (Å²) in [6, 6.07) is 0. The summed E-state index contributed by atoms with van der Waals surface area (Å²) < 4.78 is 9.83. The zero-order valence-corrected chi connectivity index (χ0v) is 9.90. The van der Waals surface area contributed by atoms with E-state index in [9.17, 15) is 9.59 Å². The SMILES string of the molecule is CCCC(C)C(=O)COCCOCC(=O)O. The van der Waals surface area contributed by atoms with E-state index in [-0.39, 0.29) is 38.1 Å². The molecule has 0 aliphatic rings. The van der Waals surface area contributed by atoms with E-state index >= 15 is 0 Å². The predicted molar refractivity (Wildman–Crippen MR) is 58.4 cm³/mol. The van der Waals surface area contributed by atoms with Gasteiger partial charge in [0.2, 0.25) is 0 Å². The topological polar surface area (TPSA) is 72.8 Å². The Hall–Kier alpha value is -0.940. The van der Waals surface area contributed by atoms with Crippen molar-refractivity contribution >= 4 is 11.8 Å². The molecule has 0 saturated carbocycles. The molecule has 0 aromatic rings. The van der Waals surface area contributed by atoms with E-state index < -0.39 is 5.97 Å². The van der Waals surface area contributed by atoms with Gasteiger partial charge in [0, 0.05) is 5.92 Å². The molecule has 0 bridgehead atoms. The number of ether oxygens (including phenoxy) is 2. The first-order chi connectivity index (χ1) is 7.57. The van der Waals surface area contributed by atoms with Crippen LogP contribution in [0, 0.1) is 5.92 Å². The first-order valence-electron chi connectivity index (χ1n) is 5.48. The van der Waals surface area contributed by atoms with Crippen LogP contribution in [0.15, 0.2) is 0 Å². The standard InChI is InChI=1S/C11H20O5/c1-3-4-9(2)10(12)7-15-5-6-16-8-11(13)14/h9H,3-8H2,1-2H3,(H,13,14). The molecule has 1 N–H and O–H groups in total. The third-order valence-corrected chi connectivity index (χ3v) is 2.11. The van der Waals surface area contributed by atoms with Crippen LogP contribution < -0.4 is 0 Å². The molecule has 0 heterocycles. The second-order valence-electron chi connectivity index (χ2n) is 3.65. The molecule has 0 aromatic carbocycles. The maximum Gasteiger partial charge on any atom is 0.329 e. The van der Waals surface area contributed by atoms with Crippen molar-refractivity contribution in [3.8, 4) is 0 Å². The lowest BCUT2D eigenvalue weighted by molar-refractivity contribution is -0.143. The second-order valence-corrected chi connectivity index (χ2v) is 3.65. The minimum absolute atomic E-state index is 0.0323. The van der Waals surface area contributed by atoms with Crippen molar-refractivity contribution in [1.82, 2.24) is 0 Å². The summed E-state index contributed by atoms with van der Waals surface area (Å²) in [4.78, 5) is 21.5. The van der Waals surface area contributed by atoms with E-state index in [0.29, 0.717) is 0 Å². The third-order valence-electron chi connectivity index (χ3n) is 2.11. The van der Waals surface area contributed by atoms with Crippen molar-refractivity contribution in [2.45, 2.75) is 26.7 Å². The Morgan fingerprint density at radius 2 is 1.75 bits per heavy atom. The number of Topliss-reactive ketones (excluding diaryl/α,β-unsaturated/α-hetero) is 1. The monoisotopic (exact) mass is 232 g/mol. The Balaban J connectivity index is 3.37. The second kappa shape index (κ2) is 9.30. The summed E-state index contributed by atoms with van der Waals surface area (Å²) in [5, 5.41) is 8.27. The number of carbonyl (C=O) groups is 2. The van der Waals surface area contributed by atoms with Crippen molar-refractivity contribution in [3.05, 3.63) is 0 Å². The van der Waals surface area contributed by atoms with Crippen LogP contribution in [-0.2, 0) is 19.1 Å². The largest absolute Gasteiger partial charge is 0.480 e. The van der Waals surface area contributed by atoms with Crippen LogP contribution in [0.4, 0.5) is 0 Å². The highest BCUT2D eigenvalue weighted by Gasteiger charge is 2.11. The fourth-order valence-electron chi connectivity index (χ4n) is 1.19. The minimum Gasteiger partial charge on any atom is -0.480 e. The summed E-state index contributed by atoms with van der Waals surface area (Å²) in [6.45, 7) is 4.11. The van der Waals surface area contributed by atoms with Crippen molar-refractivity contribution in [2.75, 3.05) is 26.4 Å². The molecule has 94 valence electrons. The Labute approximate surface area is 95.7 Å². The van der Waals surface area contributed by atoms with Gasteiger partial charge in [0.05, 0.1) is 13.2 Å². The van der Waals surface area contributed by atoms with Crippen molar-refractivity contribution in [2.24, 2.45) is 5.92 Å². The number of aliphatic carboxylic acids is 1. The van der Waals surface area contributed by atoms with Gasteiger partial charge in [0.15, 0.2) is 5.78 Å². The molecular formula is C11H20O5. The fourth-order valence-corrected chi connectivity index (χ4v) is 1.19. The van der Waals surface area contributed by atoms with Crippen LogP contribution in [0.2, 0.25) is 0 Å². The van der Waals surface area contributed by atoms with Crippen molar-refractivity contribution in [1.29, 1.82) is 0 Å². The van der Waals surface area contributed by atoms with E-state index in [2.05, 4.69) is 0 Å². The van der Waals surface area contributed by atoms with Gasteiger partial charge in [-0.1, -0.05) is 20.3 Å². The van der Waals surface area contributed by atoms with Gasteiger partial charge < -0.3 is 14.6 Å². The first-order valence-corrected chi connectivity index (χ1v) is 5.48. The van der Waals surface area contributed by atoms with Crippen LogP contribution in [0.1, 0.15) is 26.7 Å². The summed E-state index contributed by atoms with van der Waals surface area (Å²) in [5.41, 5.74) is 0. The Kier molecular flexibility index (Phi) is 8.75. The average Bonchev–Trinajstić information content (AvgIpc) is 2.22. The third kappa shape index (κ3) is 8.38. The number of carbonyl (C=O) groups excluding carboxylic acids is 1. The predicted octanol–water partition coefficient (Wildman–Crippen LogP) is 1.11. The molecule has 0 rings (SSSR count). The molecule has 0 saturated heterocycles. The number of carboxylic acids is 1. The Morgan fingerprint density at radius 1 is 1.19 bits per heavy atom. The zero-order valence-electron chi connectivity index (χ0n) is 9.90. The van der Waals surface area contributed by atoms with E-state index in [1.165, 1.54) is 0 Å². The smallest absolute Gasteiger partial charge is 0.329 e. The highest BCUT2D eigenvalue weighted by molar-refractivity contribution is 5.81. The van der Waals surface area contributed by atoms with Crippen LogP contribution in [-0.4, -0.2) is 43.3 Å². The van der Waals surface area contributed by atoms with E-state index in [0.717, 1.165) is 12.8 Å². The van der Waals surface area contributed by atoms with Gasteiger partial charge in [0.1, 0.15) is 13.2 Å². The van der Waals surface area contributed by atoms with E-state index in [1.54, 1.807) is 0 Å². The molecule has 0 aromatic heterocycles. The van der Waals surface area contributed by atoms with Gasteiger partial charge in [-0.3, -0.25) is 4.79 Å². The number of carboxylic acid groups (broad SMARTS) is 1. The van der Waals surface area contributed by atoms with Crippen LogP contribution in [0.3, 0.4) is 0 Å². The van der Waals surface area contributed by atoms with Crippen LogP contribution in [0.5, 0.6) is 0 Å². The van der Waals surface area contributed by atoms with Gasteiger partial charge in [-0.25, -0.2) is 4.79 Å². The molecule has 0 amide bonds. The van der Waals surface area contributed by atoms with Gasteiger partial charge in [0.25, 0.3) is 0 Å². The molecule has 0 spiro atoms. The minimum atomic E-state index is -1.01. The lowest BCUT2D eigenvalue weighted by Crippen LogP contribution is -2.19. The molecule has 5 nitrogen and oxygen atoms in total.